The van der Waals surface area contributed by atoms with Crippen LogP contribution in [0.15, 0.2) is 0 Å². The summed E-state index contributed by atoms with van der Waals surface area (Å²) in [6.07, 6.45) is 8.85. The van der Waals surface area contributed by atoms with E-state index in [2.05, 4.69) is 23.6 Å². The summed E-state index contributed by atoms with van der Waals surface area (Å²) in [7, 11) is 2.09. The lowest BCUT2D eigenvalue weighted by Gasteiger charge is -2.57. The Kier molecular flexibility index (Phi) is 2.88. The van der Waals surface area contributed by atoms with E-state index in [1.54, 1.807) is 0 Å². The fourth-order valence-corrected chi connectivity index (χ4v) is 5.21. The molecule has 1 N–H and O–H groups in total. The molecular formula is C14H23N3. The van der Waals surface area contributed by atoms with Gasteiger partial charge in [-0.05, 0) is 61.7 Å². The highest BCUT2D eigenvalue weighted by Crippen LogP contribution is 2.60. The summed E-state index contributed by atoms with van der Waals surface area (Å²) < 4.78 is 0. The third kappa shape index (κ3) is 2.21. The maximum atomic E-state index is 8.61. The molecule has 0 saturated heterocycles. The fourth-order valence-electron chi connectivity index (χ4n) is 5.21. The highest BCUT2D eigenvalue weighted by atomic mass is 15.5. The zero-order chi connectivity index (χ0) is 11.9. The van der Waals surface area contributed by atoms with Crippen LogP contribution in [0.25, 0.3) is 0 Å². The first-order chi connectivity index (χ1) is 8.19. The van der Waals surface area contributed by atoms with Crippen LogP contribution in [0.1, 0.15) is 38.5 Å². The quantitative estimate of drug-likeness (QED) is 0.597. The van der Waals surface area contributed by atoms with Crippen LogP contribution in [-0.2, 0) is 0 Å². The Hall–Kier alpha value is -0.590. The molecule has 0 unspecified atom stereocenters. The Labute approximate surface area is 104 Å². The van der Waals surface area contributed by atoms with E-state index < -0.39 is 0 Å². The molecule has 17 heavy (non-hydrogen) atoms. The van der Waals surface area contributed by atoms with Gasteiger partial charge in [-0.2, -0.15) is 5.26 Å². The number of nitrogens with zero attached hydrogens (tertiary/aromatic N) is 2. The third-order valence-electron chi connectivity index (χ3n) is 5.17. The van der Waals surface area contributed by atoms with E-state index in [1.165, 1.54) is 38.5 Å². The van der Waals surface area contributed by atoms with E-state index in [-0.39, 0.29) is 0 Å². The first-order valence-corrected chi connectivity index (χ1v) is 7.01. The van der Waals surface area contributed by atoms with E-state index in [4.69, 9.17) is 5.26 Å². The fraction of sp³-hybridized carbons (Fsp3) is 0.929. The molecule has 0 aliphatic heterocycles. The largest absolute Gasteiger partial charge is 0.246 e. The molecule has 3 heteroatoms. The summed E-state index contributed by atoms with van der Waals surface area (Å²) in [6, 6.07) is 2.15. The van der Waals surface area contributed by atoms with Crippen LogP contribution in [-0.4, -0.2) is 25.1 Å². The summed E-state index contributed by atoms with van der Waals surface area (Å²) in [6.45, 7) is 1.57. The molecule has 94 valence electrons. The Morgan fingerprint density at radius 2 is 1.71 bits per heavy atom. The first kappa shape index (κ1) is 11.5. The number of nitrogens with one attached hydrogen (secondary N) is 1. The van der Waals surface area contributed by atoms with Gasteiger partial charge < -0.3 is 0 Å². The molecular weight excluding hydrogens is 210 g/mol. The second kappa shape index (κ2) is 4.26. The molecule has 4 fully saturated rings. The zero-order valence-electron chi connectivity index (χ0n) is 10.8. The Morgan fingerprint density at radius 3 is 2.18 bits per heavy atom. The predicted molar refractivity (Wildman–Crippen MR) is 66.9 cm³/mol. The highest BCUT2D eigenvalue weighted by molar-refractivity contribution is 5.02. The van der Waals surface area contributed by atoms with Crippen molar-refractivity contribution in [2.45, 2.75) is 38.5 Å². The van der Waals surface area contributed by atoms with Crippen molar-refractivity contribution in [3.63, 3.8) is 0 Å². The van der Waals surface area contributed by atoms with Gasteiger partial charge in [0.2, 0.25) is 0 Å². The number of hydrazine groups is 1. The van der Waals surface area contributed by atoms with E-state index in [0.29, 0.717) is 12.0 Å². The summed E-state index contributed by atoms with van der Waals surface area (Å²) in [5.74, 6) is 3.06. The lowest BCUT2D eigenvalue weighted by atomic mass is 9.49. The van der Waals surface area contributed by atoms with Crippen LogP contribution in [0.5, 0.6) is 0 Å². The van der Waals surface area contributed by atoms with Crippen LogP contribution in [0, 0.1) is 34.5 Å². The van der Waals surface area contributed by atoms with E-state index in [1.807, 2.05) is 0 Å². The van der Waals surface area contributed by atoms with Crippen molar-refractivity contribution in [3.05, 3.63) is 0 Å². The van der Waals surface area contributed by atoms with Crippen molar-refractivity contribution >= 4 is 0 Å². The van der Waals surface area contributed by atoms with Crippen molar-refractivity contribution in [2.24, 2.45) is 23.2 Å². The Bertz CT molecular complexity index is 296. The summed E-state index contributed by atoms with van der Waals surface area (Å²) in [5, 5.41) is 10.8. The maximum Gasteiger partial charge on any atom is 0.0974 e. The van der Waals surface area contributed by atoms with Gasteiger partial charge >= 0.3 is 0 Å². The molecule has 0 atom stereocenters. The van der Waals surface area contributed by atoms with Gasteiger partial charge in [0.05, 0.1) is 12.6 Å². The molecule has 0 amide bonds. The van der Waals surface area contributed by atoms with Crippen LogP contribution in [0.4, 0.5) is 0 Å². The molecule has 4 aliphatic rings. The topological polar surface area (TPSA) is 39.1 Å². The summed E-state index contributed by atoms with van der Waals surface area (Å²) in [5.41, 5.74) is 3.75. The minimum atomic E-state index is 0.433. The monoisotopic (exact) mass is 233 g/mol. The lowest BCUT2D eigenvalue weighted by molar-refractivity contribution is -0.0715. The van der Waals surface area contributed by atoms with Gasteiger partial charge in [-0.25, -0.2) is 10.4 Å². The Morgan fingerprint density at radius 1 is 1.18 bits per heavy atom. The van der Waals surface area contributed by atoms with Gasteiger partial charge in [-0.3, -0.25) is 0 Å². The number of rotatable bonds is 4. The summed E-state index contributed by atoms with van der Waals surface area (Å²) >= 11 is 0. The standard InChI is InChI=1S/C14H23N3/c1-17(16-3-2-15)10-14-7-11-4-12(8-14)6-13(5-11)9-14/h11-13,16H,3-10H2,1H3. The van der Waals surface area contributed by atoms with Gasteiger partial charge in [0.15, 0.2) is 0 Å². The lowest BCUT2D eigenvalue weighted by Crippen LogP contribution is -2.52. The van der Waals surface area contributed by atoms with Gasteiger partial charge in [0.1, 0.15) is 0 Å². The molecule has 4 saturated carbocycles. The SMILES string of the molecule is CN(CC12CC3CC(CC(C3)C1)C2)NCC#N. The second-order valence-electron chi connectivity index (χ2n) is 6.77. The molecule has 0 aromatic heterocycles. The van der Waals surface area contributed by atoms with Crippen molar-refractivity contribution in [3.8, 4) is 6.07 Å². The van der Waals surface area contributed by atoms with Crippen molar-refractivity contribution in [2.75, 3.05) is 20.1 Å². The maximum absolute atomic E-state index is 8.61. The normalized spacial score (nSPS) is 43.0. The molecule has 4 bridgehead atoms. The molecule has 0 heterocycles. The third-order valence-corrected chi connectivity index (χ3v) is 5.17. The number of nitriles is 1. The van der Waals surface area contributed by atoms with Crippen LogP contribution in [0.2, 0.25) is 0 Å². The number of hydrogen-bond acceptors (Lipinski definition) is 3. The van der Waals surface area contributed by atoms with Gasteiger partial charge in [0.25, 0.3) is 0 Å². The van der Waals surface area contributed by atoms with Gasteiger partial charge in [-0.1, -0.05) is 0 Å². The molecule has 0 aromatic rings. The van der Waals surface area contributed by atoms with Crippen LogP contribution >= 0.6 is 0 Å². The molecule has 4 aliphatic carbocycles. The zero-order valence-corrected chi connectivity index (χ0v) is 10.8. The van der Waals surface area contributed by atoms with Gasteiger partial charge in [-0.15, -0.1) is 0 Å². The molecule has 3 nitrogen and oxygen atoms in total. The average molecular weight is 233 g/mol. The molecule has 0 radical (unpaired) electrons. The second-order valence-corrected chi connectivity index (χ2v) is 6.77. The van der Waals surface area contributed by atoms with Crippen LogP contribution in [0.3, 0.4) is 0 Å². The van der Waals surface area contributed by atoms with Crippen molar-refractivity contribution < 1.29 is 0 Å². The van der Waals surface area contributed by atoms with Crippen molar-refractivity contribution in [1.82, 2.24) is 10.4 Å². The van der Waals surface area contributed by atoms with Crippen molar-refractivity contribution in [1.29, 1.82) is 5.26 Å². The van der Waals surface area contributed by atoms with Crippen LogP contribution < -0.4 is 5.43 Å². The van der Waals surface area contributed by atoms with E-state index in [0.717, 1.165) is 24.3 Å². The first-order valence-electron chi connectivity index (χ1n) is 7.01. The highest BCUT2D eigenvalue weighted by Gasteiger charge is 2.50. The predicted octanol–water partition coefficient (Wildman–Crippen LogP) is 2.16. The minimum absolute atomic E-state index is 0.433. The average Bonchev–Trinajstić information content (AvgIpc) is 2.23. The van der Waals surface area contributed by atoms with E-state index in [9.17, 15) is 0 Å². The minimum Gasteiger partial charge on any atom is -0.246 e. The Balaban J connectivity index is 1.64. The summed E-state index contributed by atoms with van der Waals surface area (Å²) in [4.78, 5) is 0. The van der Waals surface area contributed by atoms with Gasteiger partial charge in [0, 0.05) is 13.6 Å². The molecule has 0 aromatic carbocycles. The molecule has 0 spiro atoms. The number of hydrogen-bond donors (Lipinski definition) is 1. The van der Waals surface area contributed by atoms with E-state index >= 15 is 0 Å². The molecule has 4 rings (SSSR count). The smallest absolute Gasteiger partial charge is 0.0974 e.